The number of halogens is 2. The molecule has 0 atom stereocenters. The molecule has 3 rings (SSSR count). The molecule has 1 amide bonds. The highest BCUT2D eigenvalue weighted by atomic mass is 19.2. The van der Waals surface area contributed by atoms with E-state index >= 15 is 0 Å². The predicted octanol–water partition coefficient (Wildman–Crippen LogP) is 3.98. The third kappa shape index (κ3) is 3.32. The van der Waals surface area contributed by atoms with Crippen LogP contribution >= 0.6 is 0 Å². The Balaban J connectivity index is 1.61. The smallest absolute Gasteiger partial charge is 0.231 e. The minimum atomic E-state index is -1.04. The van der Waals surface area contributed by atoms with Crippen molar-refractivity contribution in [1.82, 2.24) is 4.57 Å². The van der Waals surface area contributed by atoms with Crippen LogP contribution in [0.3, 0.4) is 0 Å². The SMILES string of the molecule is O=C(CCC(=O)n1ccc2ccccc21)Nc1ccc(F)c(F)c1. The van der Waals surface area contributed by atoms with Gasteiger partial charge in [-0.2, -0.15) is 0 Å². The Morgan fingerprint density at radius 1 is 0.958 bits per heavy atom. The average Bonchev–Trinajstić information content (AvgIpc) is 3.00. The highest BCUT2D eigenvalue weighted by Gasteiger charge is 2.12. The lowest BCUT2D eigenvalue weighted by molar-refractivity contribution is -0.116. The Hall–Kier alpha value is -3.02. The van der Waals surface area contributed by atoms with E-state index in [-0.39, 0.29) is 24.4 Å². The van der Waals surface area contributed by atoms with Crippen LogP contribution in [0.15, 0.2) is 54.7 Å². The molecule has 6 heteroatoms. The molecule has 0 unspecified atom stereocenters. The zero-order valence-electron chi connectivity index (χ0n) is 12.6. The number of hydrogen-bond acceptors (Lipinski definition) is 2. The molecule has 24 heavy (non-hydrogen) atoms. The van der Waals surface area contributed by atoms with E-state index in [0.29, 0.717) is 0 Å². The van der Waals surface area contributed by atoms with Gasteiger partial charge >= 0.3 is 0 Å². The first-order valence-electron chi connectivity index (χ1n) is 7.39. The molecule has 0 saturated carbocycles. The molecule has 4 nitrogen and oxygen atoms in total. The van der Waals surface area contributed by atoms with Gasteiger partial charge in [0.1, 0.15) is 0 Å². The lowest BCUT2D eigenvalue weighted by atomic mass is 10.2. The van der Waals surface area contributed by atoms with Crippen LogP contribution in [0.25, 0.3) is 10.9 Å². The van der Waals surface area contributed by atoms with Gasteiger partial charge in [0, 0.05) is 36.2 Å². The van der Waals surface area contributed by atoms with Crippen LogP contribution in [0.4, 0.5) is 14.5 Å². The number of rotatable bonds is 4. The zero-order chi connectivity index (χ0) is 17.1. The minimum Gasteiger partial charge on any atom is -0.326 e. The number of nitrogens with one attached hydrogen (secondary N) is 1. The minimum absolute atomic E-state index is 0.00812. The quantitative estimate of drug-likeness (QED) is 0.787. The fourth-order valence-corrected chi connectivity index (χ4v) is 2.44. The summed E-state index contributed by atoms with van der Waals surface area (Å²) < 4.78 is 27.4. The Morgan fingerprint density at radius 3 is 2.54 bits per heavy atom. The number of carbonyl (C=O) groups excluding carboxylic acids is 2. The van der Waals surface area contributed by atoms with Crippen LogP contribution in [0.5, 0.6) is 0 Å². The van der Waals surface area contributed by atoms with E-state index in [1.807, 2.05) is 30.3 Å². The Labute approximate surface area is 136 Å². The second-order valence-electron chi connectivity index (χ2n) is 5.32. The molecule has 1 heterocycles. The molecule has 0 aliphatic heterocycles. The van der Waals surface area contributed by atoms with Crippen molar-refractivity contribution in [3.05, 3.63) is 66.4 Å². The number of nitrogens with zero attached hydrogens (tertiary/aromatic N) is 1. The monoisotopic (exact) mass is 328 g/mol. The fraction of sp³-hybridized carbons (Fsp3) is 0.111. The molecule has 122 valence electrons. The van der Waals surface area contributed by atoms with E-state index in [9.17, 15) is 18.4 Å². The summed E-state index contributed by atoms with van der Waals surface area (Å²) in [5, 5.41) is 3.38. The number of para-hydroxylation sites is 1. The normalized spacial score (nSPS) is 10.8. The maximum atomic E-state index is 13.1. The van der Waals surface area contributed by atoms with Gasteiger partial charge in [0.2, 0.25) is 11.8 Å². The molecule has 0 fully saturated rings. The molecule has 0 spiro atoms. The number of benzene rings is 2. The molecule has 1 N–H and O–H groups in total. The third-order valence-electron chi connectivity index (χ3n) is 3.64. The molecule has 0 radical (unpaired) electrons. The van der Waals surface area contributed by atoms with Crippen LogP contribution < -0.4 is 5.32 Å². The highest BCUT2D eigenvalue weighted by molar-refractivity contribution is 5.96. The van der Waals surface area contributed by atoms with E-state index in [4.69, 9.17) is 0 Å². The van der Waals surface area contributed by atoms with Crippen LogP contribution in [0.2, 0.25) is 0 Å². The van der Waals surface area contributed by atoms with Crippen molar-refractivity contribution in [2.75, 3.05) is 5.32 Å². The standard InChI is InChI=1S/C18H14F2N2O2/c19-14-6-5-13(11-15(14)20)21-17(23)7-8-18(24)22-10-9-12-3-1-2-4-16(12)22/h1-6,9-11H,7-8H2,(H,21,23). The number of aromatic nitrogens is 1. The van der Waals surface area contributed by atoms with E-state index in [1.165, 1.54) is 10.6 Å². The summed E-state index contributed by atoms with van der Waals surface area (Å²) in [6, 6.07) is 12.4. The van der Waals surface area contributed by atoms with Crippen LogP contribution in [-0.4, -0.2) is 16.4 Å². The van der Waals surface area contributed by atoms with Crippen molar-refractivity contribution in [3.63, 3.8) is 0 Å². The highest BCUT2D eigenvalue weighted by Crippen LogP contribution is 2.16. The van der Waals surface area contributed by atoms with Crippen molar-refractivity contribution >= 4 is 28.4 Å². The maximum Gasteiger partial charge on any atom is 0.231 e. The first kappa shape index (κ1) is 15.9. The van der Waals surface area contributed by atoms with Crippen LogP contribution in [0.1, 0.15) is 17.6 Å². The number of hydrogen-bond donors (Lipinski definition) is 1. The molecule has 0 aliphatic carbocycles. The van der Waals surface area contributed by atoms with Crippen molar-refractivity contribution in [2.45, 2.75) is 12.8 Å². The molecular weight excluding hydrogens is 314 g/mol. The first-order chi connectivity index (χ1) is 11.5. The summed E-state index contributed by atoms with van der Waals surface area (Å²) in [6.07, 6.45) is 1.62. The lowest BCUT2D eigenvalue weighted by Crippen LogP contribution is -2.16. The van der Waals surface area contributed by atoms with Gasteiger partial charge < -0.3 is 5.32 Å². The third-order valence-corrected chi connectivity index (χ3v) is 3.64. The van der Waals surface area contributed by atoms with Crippen molar-refractivity contribution in [3.8, 4) is 0 Å². The van der Waals surface area contributed by atoms with E-state index < -0.39 is 17.5 Å². The zero-order valence-corrected chi connectivity index (χ0v) is 12.6. The summed E-state index contributed by atoms with van der Waals surface area (Å²) in [6.45, 7) is 0. The topological polar surface area (TPSA) is 51.1 Å². The van der Waals surface area contributed by atoms with Gasteiger partial charge in [-0.3, -0.25) is 14.2 Å². The fourth-order valence-electron chi connectivity index (χ4n) is 2.44. The predicted molar refractivity (Wildman–Crippen MR) is 86.8 cm³/mol. The summed E-state index contributed by atoms with van der Waals surface area (Å²) >= 11 is 0. The molecule has 3 aromatic rings. The number of fused-ring (bicyclic) bond motifs is 1. The van der Waals surface area contributed by atoms with E-state index in [2.05, 4.69) is 5.32 Å². The van der Waals surface area contributed by atoms with Gasteiger partial charge in [-0.25, -0.2) is 8.78 Å². The second kappa shape index (κ2) is 6.62. The average molecular weight is 328 g/mol. The van der Waals surface area contributed by atoms with Gasteiger partial charge in [-0.1, -0.05) is 18.2 Å². The number of amides is 1. The largest absolute Gasteiger partial charge is 0.326 e. The summed E-state index contributed by atoms with van der Waals surface area (Å²) in [5.41, 5.74) is 0.932. The van der Waals surface area contributed by atoms with E-state index in [0.717, 1.165) is 23.0 Å². The summed E-state index contributed by atoms with van der Waals surface area (Å²) in [7, 11) is 0. The Morgan fingerprint density at radius 2 is 1.75 bits per heavy atom. The second-order valence-corrected chi connectivity index (χ2v) is 5.32. The molecule has 2 aromatic carbocycles. The van der Waals surface area contributed by atoms with Gasteiger partial charge in [0.05, 0.1) is 5.52 Å². The van der Waals surface area contributed by atoms with Crippen molar-refractivity contribution < 1.29 is 18.4 Å². The van der Waals surface area contributed by atoms with Crippen molar-refractivity contribution in [2.24, 2.45) is 0 Å². The first-order valence-corrected chi connectivity index (χ1v) is 7.39. The van der Waals surface area contributed by atoms with E-state index in [1.54, 1.807) is 6.20 Å². The summed E-state index contributed by atoms with van der Waals surface area (Å²) in [5.74, 6) is -2.67. The Kier molecular flexibility index (Phi) is 4.37. The van der Waals surface area contributed by atoms with Gasteiger partial charge in [0.15, 0.2) is 11.6 Å². The number of anilines is 1. The van der Waals surface area contributed by atoms with Gasteiger partial charge in [-0.15, -0.1) is 0 Å². The molecule has 0 saturated heterocycles. The molecule has 1 aromatic heterocycles. The van der Waals surface area contributed by atoms with Crippen molar-refractivity contribution in [1.29, 1.82) is 0 Å². The van der Waals surface area contributed by atoms with Crippen LogP contribution in [-0.2, 0) is 4.79 Å². The van der Waals surface area contributed by atoms with Gasteiger partial charge in [-0.05, 0) is 24.3 Å². The summed E-state index contributed by atoms with van der Waals surface area (Å²) in [4.78, 5) is 24.1. The lowest BCUT2D eigenvalue weighted by Gasteiger charge is -2.06. The molecule has 0 bridgehead atoms. The molecule has 0 aliphatic rings. The number of carbonyl (C=O) groups is 2. The van der Waals surface area contributed by atoms with Gasteiger partial charge in [0.25, 0.3) is 0 Å². The Bertz CT molecular complexity index is 918. The maximum absolute atomic E-state index is 13.1. The van der Waals surface area contributed by atoms with Crippen LogP contribution in [0, 0.1) is 11.6 Å². The molecular formula is C18H14F2N2O2.